The lowest BCUT2D eigenvalue weighted by atomic mass is 9.98. The largest absolute Gasteiger partial charge is 0.484 e. The zero-order valence-corrected chi connectivity index (χ0v) is 13.3. The van der Waals surface area contributed by atoms with Crippen molar-refractivity contribution in [2.75, 3.05) is 18.5 Å². The fourth-order valence-corrected chi connectivity index (χ4v) is 2.50. The Balaban J connectivity index is 1.98. The first kappa shape index (κ1) is 19.0. The molecule has 1 aromatic carbocycles. The Hall–Kier alpha value is -2.29. The molecule has 1 aliphatic heterocycles. The van der Waals surface area contributed by atoms with E-state index in [1.165, 1.54) is 24.3 Å². The fraction of sp³-hybridized carbons (Fsp3) is 0.500. The second-order valence-electron chi connectivity index (χ2n) is 5.73. The van der Waals surface area contributed by atoms with Gasteiger partial charge in [0.25, 0.3) is 5.91 Å². The summed E-state index contributed by atoms with van der Waals surface area (Å²) < 4.78 is 49.8. The van der Waals surface area contributed by atoms with Crippen LogP contribution in [0.15, 0.2) is 24.3 Å². The van der Waals surface area contributed by atoms with Gasteiger partial charge in [-0.3, -0.25) is 9.59 Å². The summed E-state index contributed by atoms with van der Waals surface area (Å²) in [6, 6.07) is 5.60. The Kier molecular flexibility index (Phi) is 6.24. The zero-order chi connectivity index (χ0) is 18.4. The third kappa shape index (κ3) is 5.93. The molecule has 0 spiro atoms. The van der Waals surface area contributed by atoms with Crippen LogP contribution in [0, 0.1) is 5.92 Å². The number of nitrogens with two attached hydrogens (primary N) is 1. The Labute approximate surface area is 142 Å². The Morgan fingerprint density at radius 3 is 2.52 bits per heavy atom. The van der Waals surface area contributed by atoms with Crippen LogP contribution in [0.3, 0.4) is 0 Å². The minimum Gasteiger partial charge on any atom is -0.484 e. The molecule has 3 N–H and O–H groups in total. The van der Waals surface area contributed by atoms with Crippen LogP contribution in [0.1, 0.15) is 19.3 Å². The van der Waals surface area contributed by atoms with Gasteiger partial charge >= 0.3 is 6.18 Å². The standard InChI is InChI=1S/C16H19F3N2O4/c17-16(18,19)13(8-12-2-1-7-24-12)15(23)21-10-3-5-11(6-4-10)25-9-14(20)22/h3-6,12-13H,1-2,7-9H2,(H2,20,22)(H,21,23). The molecule has 0 bridgehead atoms. The third-order valence-corrected chi connectivity index (χ3v) is 3.74. The number of nitrogens with one attached hydrogen (secondary N) is 1. The molecule has 0 aromatic heterocycles. The van der Waals surface area contributed by atoms with E-state index in [1.54, 1.807) is 0 Å². The van der Waals surface area contributed by atoms with Crippen molar-refractivity contribution in [3.63, 3.8) is 0 Å². The van der Waals surface area contributed by atoms with Gasteiger partial charge in [0.1, 0.15) is 11.7 Å². The number of alkyl halides is 3. The van der Waals surface area contributed by atoms with E-state index in [1.807, 2.05) is 0 Å². The summed E-state index contributed by atoms with van der Waals surface area (Å²) in [7, 11) is 0. The summed E-state index contributed by atoms with van der Waals surface area (Å²) in [6.45, 7) is 0.104. The quantitative estimate of drug-likeness (QED) is 0.780. The highest BCUT2D eigenvalue weighted by molar-refractivity contribution is 5.93. The fourth-order valence-electron chi connectivity index (χ4n) is 2.50. The molecule has 1 aliphatic rings. The molecule has 2 unspecified atom stereocenters. The van der Waals surface area contributed by atoms with Crippen molar-refractivity contribution in [2.45, 2.75) is 31.5 Å². The van der Waals surface area contributed by atoms with Gasteiger partial charge in [-0.25, -0.2) is 0 Å². The molecule has 1 fully saturated rings. The minimum absolute atomic E-state index is 0.193. The molecule has 2 atom stereocenters. The highest BCUT2D eigenvalue weighted by atomic mass is 19.4. The first-order valence-electron chi connectivity index (χ1n) is 7.76. The monoisotopic (exact) mass is 360 g/mol. The number of carbonyl (C=O) groups is 2. The number of benzene rings is 1. The van der Waals surface area contributed by atoms with Gasteiger partial charge in [0.2, 0.25) is 5.91 Å². The number of amides is 2. The van der Waals surface area contributed by atoms with Gasteiger partial charge in [0, 0.05) is 12.3 Å². The predicted octanol–water partition coefficient (Wildman–Crippen LogP) is 2.24. The number of hydrogen-bond acceptors (Lipinski definition) is 4. The number of halogens is 3. The van der Waals surface area contributed by atoms with Gasteiger partial charge in [-0.05, 0) is 43.5 Å². The molecule has 138 valence electrons. The second-order valence-corrected chi connectivity index (χ2v) is 5.73. The molecule has 1 aromatic rings. The number of carbonyl (C=O) groups excluding carboxylic acids is 2. The molecule has 1 heterocycles. The van der Waals surface area contributed by atoms with Gasteiger partial charge in [-0.2, -0.15) is 13.2 Å². The number of primary amides is 1. The number of ether oxygens (including phenoxy) is 2. The van der Waals surface area contributed by atoms with Crippen molar-refractivity contribution in [3.8, 4) is 5.75 Å². The minimum atomic E-state index is -4.65. The highest BCUT2D eigenvalue weighted by Gasteiger charge is 2.46. The molecular weight excluding hydrogens is 341 g/mol. The number of hydrogen-bond donors (Lipinski definition) is 2. The summed E-state index contributed by atoms with van der Waals surface area (Å²) >= 11 is 0. The second kappa shape index (κ2) is 8.19. The van der Waals surface area contributed by atoms with Gasteiger partial charge in [-0.15, -0.1) is 0 Å². The molecule has 1 saturated heterocycles. The lowest BCUT2D eigenvalue weighted by Gasteiger charge is -2.22. The summed E-state index contributed by atoms with van der Waals surface area (Å²) in [4.78, 5) is 22.7. The summed E-state index contributed by atoms with van der Waals surface area (Å²) in [5, 5.41) is 2.25. The lowest BCUT2D eigenvalue weighted by Crippen LogP contribution is -2.37. The maximum Gasteiger partial charge on any atom is 0.400 e. The van der Waals surface area contributed by atoms with Crippen molar-refractivity contribution in [2.24, 2.45) is 11.7 Å². The molecule has 2 rings (SSSR count). The Bertz CT molecular complexity index is 598. The van der Waals surface area contributed by atoms with Crippen LogP contribution in [0.25, 0.3) is 0 Å². The topological polar surface area (TPSA) is 90.7 Å². The van der Waals surface area contributed by atoms with E-state index in [4.69, 9.17) is 15.2 Å². The molecule has 6 nitrogen and oxygen atoms in total. The van der Waals surface area contributed by atoms with Crippen molar-refractivity contribution in [3.05, 3.63) is 24.3 Å². The van der Waals surface area contributed by atoms with Crippen LogP contribution in [0.2, 0.25) is 0 Å². The van der Waals surface area contributed by atoms with Gasteiger partial charge < -0.3 is 20.5 Å². The van der Waals surface area contributed by atoms with Crippen LogP contribution in [0.4, 0.5) is 18.9 Å². The number of rotatable bonds is 7. The van der Waals surface area contributed by atoms with Crippen molar-refractivity contribution in [1.29, 1.82) is 0 Å². The molecule has 2 amide bonds. The maximum absolute atomic E-state index is 13.2. The molecule has 0 radical (unpaired) electrons. The van der Waals surface area contributed by atoms with Gasteiger partial charge in [0.05, 0.1) is 6.10 Å². The van der Waals surface area contributed by atoms with E-state index in [9.17, 15) is 22.8 Å². The van der Waals surface area contributed by atoms with Crippen LogP contribution >= 0.6 is 0 Å². The Morgan fingerprint density at radius 1 is 1.32 bits per heavy atom. The first-order chi connectivity index (χ1) is 11.8. The smallest absolute Gasteiger partial charge is 0.400 e. The average molecular weight is 360 g/mol. The van der Waals surface area contributed by atoms with E-state index in [-0.39, 0.29) is 12.3 Å². The lowest BCUT2D eigenvalue weighted by molar-refractivity contribution is -0.185. The third-order valence-electron chi connectivity index (χ3n) is 3.74. The maximum atomic E-state index is 13.2. The molecular formula is C16H19F3N2O4. The molecule has 0 aliphatic carbocycles. The Morgan fingerprint density at radius 2 is 2.00 bits per heavy atom. The average Bonchev–Trinajstić information content (AvgIpc) is 3.04. The first-order valence-corrected chi connectivity index (χ1v) is 7.76. The zero-order valence-electron chi connectivity index (χ0n) is 13.3. The van der Waals surface area contributed by atoms with E-state index in [0.717, 1.165) is 0 Å². The van der Waals surface area contributed by atoms with Gasteiger partial charge in [-0.1, -0.05) is 0 Å². The van der Waals surface area contributed by atoms with Crippen LogP contribution < -0.4 is 15.8 Å². The van der Waals surface area contributed by atoms with Crippen molar-refractivity contribution < 1.29 is 32.2 Å². The van der Waals surface area contributed by atoms with E-state index >= 15 is 0 Å². The van der Waals surface area contributed by atoms with Crippen molar-refractivity contribution >= 4 is 17.5 Å². The molecule has 0 saturated carbocycles. The summed E-state index contributed by atoms with van der Waals surface area (Å²) in [5.74, 6) is -3.61. The highest BCUT2D eigenvalue weighted by Crippen LogP contribution is 2.33. The normalized spacial score (nSPS) is 18.6. The van der Waals surface area contributed by atoms with Crippen LogP contribution in [0.5, 0.6) is 5.75 Å². The van der Waals surface area contributed by atoms with Crippen molar-refractivity contribution in [1.82, 2.24) is 0 Å². The van der Waals surface area contributed by atoms with Gasteiger partial charge in [0.15, 0.2) is 6.61 Å². The van der Waals surface area contributed by atoms with E-state index < -0.39 is 36.4 Å². The van der Waals surface area contributed by atoms with Crippen LogP contribution in [-0.2, 0) is 14.3 Å². The van der Waals surface area contributed by atoms with E-state index in [2.05, 4.69) is 5.32 Å². The molecule has 25 heavy (non-hydrogen) atoms. The predicted molar refractivity (Wildman–Crippen MR) is 82.9 cm³/mol. The summed E-state index contributed by atoms with van der Waals surface area (Å²) in [6.07, 6.45) is -4.38. The van der Waals surface area contributed by atoms with Crippen LogP contribution in [-0.4, -0.2) is 37.3 Å². The number of anilines is 1. The van der Waals surface area contributed by atoms with E-state index in [0.29, 0.717) is 25.2 Å². The SMILES string of the molecule is NC(=O)COc1ccc(NC(=O)C(CC2CCCO2)C(F)(F)F)cc1. The molecule has 9 heteroatoms. The summed E-state index contributed by atoms with van der Waals surface area (Å²) in [5.41, 5.74) is 5.13.